The van der Waals surface area contributed by atoms with Gasteiger partial charge in [-0.2, -0.15) is 0 Å². The Labute approximate surface area is 98.7 Å². The topological polar surface area (TPSA) is 64.9 Å². The summed E-state index contributed by atoms with van der Waals surface area (Å²) in [6.07, 6.45) is 0. The number of nitrogens with zero attached hydrogens (tertiary/aromatic N) is 2. The predicted molar refractivity (Wildman–Crippen MR) is 63.2 cm³/mol. The molecule has 1 amide bonds. The molecule has 0 bridgehead atoms. The molecule has 0 spiro atoms. The number of hydrogen-bond donors (Lipinski definition) is 2. The van der Waals surface area contributed by atoms with Gasteiger partial charge in [0.2, 0.25) is 0 Å². The average molecular weight is 231 g/mol. The van der Waals surface area contributed by atoms with Crippen LogP contribution in [0, 0.1) is 0 Å². The van der Waals surface area contributed by atoms with Gasteiger partial charge in [-0.3, -0.25) is 9.69 Å². The molecular weight excluding hydrogens is 218 g/mol. The van der Waals surface area contributed by atoms with Crippen molar-refractivity contribution < 1.29 is 10.0 Å². The van der Waals surface area contributed by atoms with Crippen molar-refractivity contribution in [3.05, 3.63) is 28.8 Å². The highest BCUT2D eigenvalue weighted by Gasteiger charge is 2.32. The molecule has 88 valence electrons. The van der Waals surface area contributed by atoms with E-state index in [0.717, 1.165) is 30.9 Å². The second kappa shape index (κ2) is 3.56. The zero-order valence-corrected chi connectivity index (χ0v) is 9.53. The Morgan fingerprint density at radius 3 is 3.00 bits per heavy atom. The molecule has 1 aromatic rings. The first-order chi connectivity index (χ1) is 8.24. The fourth-order valence-electron chi connectivity index (χ4n) is 2.50. The van der Waals surface area contributed by atoms with Gasteiger partial charge in [0.25, 0.3) is 5.91 Å². The largest absolute Gasteiger partial charge is 0.410 e. The lowest BCUT2D eigenvalue weighted by Crippen LogP contribution is -2.15. The molecule has 1 aromatic carbocycles. The van der Waals surface area contributed by atoms with Crippen LogP contribution in [0.15, 0.2) is 17.3 Å². The minimum absolute atomic E-state index is 0.109. The van der Waals surface area contributed by atoms with E-state index in [2.05, 4.69) is 22.3 Å². The van der Waals surface area contributed by atoms with Crippen LogP contribution in [0.1, 0.15) is 23.6 Å². The number of fused-ring (bicyclic) bond motifs is 3. The van der Waals surface area contributed by atoms with Crippen LogP contribution in [0.3, 0.4) is 0 Å². The van der Waals surface area contributed by atoms with Crippen LogP contribution in [0.25, 0.3) is 0 Å². The normalized spacial score (nSPS) is 20.5. The van der Waals surface area contributed by atoms with E-state index in [4.69, 9.17) is 5.21 Å². The SMILES string of the molecule is CCN1Cc2ccc3c(c2C1)NC(=O)/C3=N\O. The van der Waals surface area contributed by atoms with E-state index in [0.29, 0.717) is 5.56 Å². The number of benzene rings is 1. The summed E-state index contributed by atoms with van der Waals surface area (Å²) in [5.41, 5.74) is 4.02. The van der Waals surface area contributed by atoms with Gasteiger partial charge in [0.1, 0.15) is 0 Å². The number of carbonyl (C=O) groups excluding carboxylic acids is 1. The highest BCUT2D eigenvalue weighted by atomic mass is 16.4. The molecule has 5 heteroatoms. The lowest BCUT2D eigenvalue weighted by molar-refractivity contribution is -0.110. The fraction of sp³-hybridized carbons (Fsp3) is 0.333. The Morgan fingerprint density at radius 1 is 1.47 bits per heavy atom. The molecule has 17 heavy (non-hydrogen) atoms. The number of hydrogen-bond acceptors (Lipinski definition) is 4. The van der Waals surface area contributed by atoms with Crippen LogP contribution < -0.4 is 5.32 Å². The van der Waals surface area contributed by atoms with Gasteiger partial charge in [-0.25, -0.2) is 0 Å². The van der Waals surface area contributed by atoms with Crippen molar-refractivity contribution in [3.63, 3.8) is 0 Å². The molecule has 5 nitrogen and oxygen atoms in total. The quantitative estimate of drug-likeness (QED) is 0.563. The molecule has 0 saturated carbocycles. The molecule has 0 atom stereocenters. The minimum atomic E-state index is -0.328. The van der Waals surface area contributed by atoms with Crippen molar-refractivity contribution in [2.45, 2.75) is 20.0 Å². The van der Waals surface area contributed by atoms with Gasteiger partial charge in [-0.15, -0.1) is 0 Å². The first kappa shape index (κ1) is 10.3. The van der Waals surface area contributed by atoms with Gasteiger partial charge in [0, 0.05) is 18.7 Å². The van der Waals surface area contributed by atoms with E-state index >= 15 is 0 Å². The first-order valence-electron chi connectivity index (χ1n) is 5.65. The second-order valence-corrected chi connectivity index (χ2v) is 4.33. The zero-order valence-electron chi connectivity index (χ0n) is 9.53. The third kappa shape index (κ3) is 1.36. The van der Waals surface area contributed by atoms with Crippen molar-refractivity contribution in [2.24, 2.45) is 5.16 Å². The maximum Gasteiger partial charge on any atom is 0.278 e. The Kier molecular flexibility index (Phi) is 2.16. The van der Waals surface area contributed by atoms with Crippen molar-refractivity contribution in [1.82, 2.24) is 4.90 Å². The van der Waals surface area contributed by atoms with Crippen molar-refractivity contribution in [3.8, 4) is 0 Å². The molecule has 0 unspecified atom stereocenters. The zero-order chi connectivity index (χ0) is 12.0. The van der Waals surface area contributed by atoms with Crippen molar-refractivity contribution in [2.75, 3.05) is 11.9 Å². The molecule has 3 rings (SSSR count). The van der Waals surface area contributed by atoms with Crippen LogP contribution in [0.4, 0.5) is 5.69 Å². The predicted octanol–water partition coefficient (Wildman–Crippen LogP) is 1.15. The van der Waals surface area contributed by atoms with Crippen LogP contribution in [-0.2, 0) is 17.9 Å². The molecule has 0 saturated heterocycles. The highest BCUT2D eigenvalue weighted by molar-refractivity contribution is 6.53. The molecular formula is C12H13N3O2. The van der Waals surface area contributed by atoms with Crippen molar-refractivity contribution in [1.29, 1.82) is 0 Å². The van der Waals surface area contributed by atoms with Gasteiger partial charge < -0.3 is 10.5 Å². The van der Waals surface area contributed by atoms with E-state index in [-0.39, 0.29) is 11.6 Å². The third-order valence-electron chi connectivity index (χ3n) is 3.44. The van der Waals surface area contributed by atoms with Crippen LogP contribution in [0.2, 0.25) is 0 Å². The van der Waals surface area contributed by atoms with E-state index in [1.165, 1.54) is 5.56 Å². The third-order valence-corrected chi connectivity index (χ3v) is 3.44. The van der Waals surface area contributed by atoms with Gasteiger partial charge >= 0.3 is 0 Å². The summed E-state index contributed by atoms with van der Waals surface area (Å²) in [7, 11) is 0. The first-order valence-corrected chi connectivity index (χ1v) is 5.65. The average Bonchev–Trinajstić information content (AvgIpc) is 2.87. The Balaban J connectivity index is 2.12. The summed E-state index contributed by atoms with van der Waals surface area (Å²) in [5.74, 6) is -0.328. The smallest absolute Gasteiger partial charge is 0.278 e. The van der Waals surface area contributed by atoms with Crippen molar-refractivity contribution >= 4 is 17.3 Å². The molecule has 2 aliphatic rings. The van der Waals surface area contributed by atoms with Gasteiger partial charge in [0.05, 0.1) is 5.69 Å². The maximum atomic E-state index is 11.6. The number of anilines is 1. The fourth-order valence-corrected chi connectivity index (χ4v) is 2.50. The van der Waals surface area contributed by atoms with Gasteiger partial charge in [-0.1, -0.05) is 24.2 Å². The standard InChI is InChI=1S/C12H13N3O2/c1-2-15-5-7-3-4-8-10(9(7)6-15)13-12(16)11(8)14-17/h3-4,17H,2,5-6H2,1H3,(H,13,14,16). The van der Waals surface area contributed by atoms with E-state index in [1.807, 2.05) is 12.1 Å². The van der Waals surface area contributed by atoms with Crippen LogP contribution >= 0.6 is 0 Å². The van der Waals surface area contributed by atoms with Crippen LogP contribution in [-0.4, -0.2) is 28.3 Å². The summed E-state index contributed by atoms with van der Waals surface area (Å²) < 4.78 is 0. The Morgan fingerprint density at radius 2 is 2.29 bits per heavy atom. The molecule has 2 N–H and O–H groups in total. The summed E-state index contributed by atoms with van der Waals surface area (Å²) in [4.78, 5) is 13.9. The monoisotopic (exact) mass is 231 g/mol. The van der Waals surface area contributed by atoms with Gasteiger partial charge in [0.15, 0.2) is 5.71 Å². The number of nitrogens with one attached hydrogen (secondary N) is 1. The summed E-state index contributed by atoms with van der Waals surface area (Å²) >= 11 is 0. The van der Waals surface area contributed by atoms with E-state index in [9.17, 15) is 4.79 Å². The lowest BCUT2D eigenvalue weighted by atomic mass is 10.0. The minimum Gasteiger partial charge on any atom is -0.410 e. The second-order valence-electron chi connectivity index (χ2n) is 4.33. The molecule has 0 aromatic heterocycles. The van der Waals surface area contributed by atoms with Gasteiger partial charge in [-0.05, 0) is 17.7 Å². The number of amides is 1. The Hall–Kier alpha value is -1.88. The molecule has 2 aliphatic heterocycles. The summed E-state index contributed by atoms with van der Waals surface area (Å²) in [5, 5.41) is 14.7. The molecule has 0 radical (unpaired) electrons. The number of rotatable bonds is 1. The van der Waals surface area contributed by atoms with Crippen LogP contribution in [0.5, 0.6) is 0 Å². The van der Waals surface area contributed by atoms with E-state index < -0.39 is 0 Å². The highest BCUT2D eigenvalue weighted by Crippen LogP contribution is 2.35. The molecule has 0 aliphatic carbocycles. The Bertz CT molecular complexity index is 537. The molecule has 0 fully saturated rings. The van der Waals surface area contributed by atoms with E-state index in [1.54, 1.807) is 0 Å². The molecule has 2 heterocycles. The summed E-state index contributed by atoms with van der Waals surface area (Å²) in [6.45, 7) is 4.86. The number of carbonyl (C=O) groups is 1. The summed E-state index contributed by atoms with van der Waals surface area (Å²) in [6, 6.07) is 3.86. The maximum absolute atomic E-state index is 11.6. The number of oxime groups is 1. The lowest BCUT2D eigenvalue weighted by Gasteiger charge is -2.10.